The molecule has 218 valence electrons. The SMILES string of the molecule is CCN(C(=O)Oc1ccc(F)cc1)[C@@H]1CN(C(=O)C2CCN(c3cc(C#N)ccn3)CC2)C[C@H]1c1ccc(F)c(F)c1. The molecule has 0 radical (unpaired) electrons. The molecule has 5 rings (SSSR count). The van der Waals surface area contributed by atoms with Gasteiger partial charge in [-0.3, -0.25) is 4.79 Å². The minimum atomic E-state index is -1.01. The fraction of sp³-hybridized carbons (Fsp3) is 0.355. The Morgan fingerprint density at radius 3 is 2.43 bits per heavy atom. The molecule has 2 aliphatic rings. The standard InChI is InChI=1S/C31H30F3N5O3/c1-2-39(31(41)42-24-6-4-23(32)5-7-24)28-19-38(18-25(28)22-3-8-26(33)27(34)16-22)30(40)21-10-13-37(14-11-21)29-15-20(17-35)9-12-36-29/h3-9,12,15-16,21,25,28H,2,10-11,13-14,18-19H2,1H3/t25-,28+/m0/s1. The average molecular weight is 578 g/mol. The number of piperidine rings is 1. The van der Waals surface area contributed by atoms with Crippen LogP contribution in [-0.2, 0) is 4.79 Å². The Balaban J connectivity index is 1.33. The lowest BCUT2D eigenvalue weighted by molar-refractivity contribution is -0.135. The molecule has 11 heteroatoms. The zero-order valence-corrected chi connectivity index (χ0v) is 23.1. The number of nitrogens with zero attached hydrogens (tertiary/aromatic N) is 5. The van der Waals surface area contributed by atoms with Gasteiger partial charge in [-0.1, -0.05) is 6.07 Å². The van der Waals surface area contributed by atoms with Crippen molar-refractivity contribution in [2.45, 2.75) is 31.7 Å². The first-order chi connectivity index (χ1) is 20.3. The van der Waals surface area contributed by atoms with Gasteiger partial charge in [-0.05, 0) is 73.9 Å². The maximum absolute atomic E-state index is 14.3. The lowest BCUT2D eigenvalue weighted by atomic mass is 9.93. The minimum Gasteiger partial charge on any atom is -0.410 e. The molecule has 0 aliphatic carbocycles. The van der Waals surface area contributed by atoms with Gasteiger partial charge in [0.25, 0.3) is 0 Å². The summed E-state index contributed by atoms with van der Waals surface area (Å²) in [6.07, 6.45) is 2.07. The molecule has 2 aliphatic heterocycles. The number of halogens is 3. The van der Waals surface area contributed by atoms with Crippen molar-refractivity contribution in [2.24, 2.45) is 5.92 Å². The normalized spacial score (nSPS) is 18.9. The van der Waals surface area contributed by atoms with Gasteiger partial charge in [0, 0.05) is 50.8 Å². The zero-order chi connectivity index (χ0) is 29.8. The van der Waals surface area contributed by atoms with Crippen LogP contribution >= 0.6 is 0 Å². The van der Waals surface area contributed by atoms with Crippen LogP contribution < -0.4 is 9.64 Å². The van der Waals surface area contributed by atoms with Gasteiger partial charge >= 0.3 is 6.09 Å². The topological polar surface area (TPSA) is 89.8 Å². The number of benzene rings is 2. The highest BCUT2D eigenvalue weighted by Crippen LogP contribution is 2.35. The maximum atomic E-state index is 14.3. The third-order valence-electron chi connectivity index (χ3n) is 8.01. The van der Waals surface area contributed by atoms with E-state index in [1.807, 2.05) is 4.90 Å². The van der Waals surface area contributed by atoms with Crippen molar-refractivity contribution in [1.29, 1.82) is 5.26 Å². The van der Waals surface area contributed by atoms with Gasteiger partial charge in [0.1, 0.15) is 17.4 Å². The number of rotatable bonds is 6. The van der Waals surface area contributed by atoms with E-state index in [0.717, 1.165) is 12.1 Å². The summed E-state index contributed by atoms with van der Waals surface area (Å²) < 4.78 is 46.9. The van der Waals surface area contributed by atoms with Crippen LogP contribution in [0.25, 0.3) is 0 Å². The van der Waals surface area contributed by atoms with Gasteiger partial charge in [-0.15, -0.1) is 0 Å². The maximum Gasteiger partial charge on any atom is 0.415 e. The number of hydrogen-bond donors (Lipinski definition) is 0. The summed E-state index contributed by atoms with van der Waals surface area (Å²) in [4.78, 5) is 36.6. The van der Waals surface area contributed by atoms with Crippen molar-refractivity contribution in [1.82, 2.24) is 14.8 Å². The summed E-state index contributed by atoms with van der Waals surface area (Å²) in [5, 5.41) is 9.19. The van der Waals surface area contributed by atoms with E-state index in [0.29, 0.717) is 42.9 Å². The van der Waals surface area contributed by atoms with Crippen LogP contribution in [0.1, 0.15) is 36.8 Å². The number of aromatic nitrogens is 1. The molecule has 3 heterocycles. The Labute approximate surface area is 241 Å². The monoisotopic (exact) mass is 577 g/mol. The molecule has 2 saturated heterocycles. The van der Waals surface area contributed by atoms with Crippen LogP contribution in [0.4, 0.5) is 23.8 Å². The Kier molecular flexibility index (Phi) is 8.61. The Hall–Kier alpha value is -4.59. The molecule has 8 nitrogen and oxygen atoms in total. The Morgan fingerprint density at radius 1 is 1.02 bits per heavy atom. The predicted octanol–water partition coefficient (Wildman–Crippen LogP) is 5.10. The van der Waals surface area contributed by atoms with Crippen molar-refractivity contribution in [3.8, 4) is 11.8 Å². The van der Waals surface area contributed by atoms with Crippen LogP contribution in [-0.4, -0.2) is 65.5 Å². The number of carbonyl (C=O) groups is 2. The molecule has 0 spiro atoms. The van der Waals surface area contributed by atoms with Gasteiger partial charge in [0.15, 0.2) is 11.6 Å². The number of carbonyl (C=O) groups excluding carboxylic acids is 2. The highest BCUT2D eigenvalue weighted by atomic mass is 19.2. The van der Waals surface area contributed by atoms with E-state index in [1.54, 1.807) is 30.2 Å². The molecular formula is C31H30F3N5O3. The second-order valence-corrected chi connectivity index (χ2v) is 10.5. The summed E-state index contributed by atoms with van der Waals surface area (Å²) in [6, 6.07) is 13.6. The number of likely N-dealkylation sites (tertiary alicyclic amines) is 1. The minimum absolute atomic E-state index is 0.0635. The number of amides is 2. The second-order valence-electron chi connectivity index (χ2n) is 10.5. The Bertz CT molecular complexity index is 1490. The van der Waals surface area contributed by atoms with Crippen LogP contribution in [0.5, 0.6) is 5.75 Å². The third kappa shape index (κ3) is 6.17. The molecule has 0 N–H and O–H groups in total. The van der Waals surface area contributed by atoms with Crippen LogP contribution in [0.2, 0.25) is 0 Å². The largest absolute Gasteiger partial charge is 0.415 e. The summed E-state index contributed by atoms with van der Waals surface area (Å²) in [5.74, 6) is -2.40. The van der Waals surface area contributed by atoms with E-state index in [4.69, 9.17) is 4.74 Å². The third-order valence-corrected chi connectivity index (χ3v) is 8.01. The lowest BCUT2D eigenvalue weighted by Gasteiger charge is -2.34. The first-order valence-electron chi connectivity index (χ1n) is 13.9. The number of anilines is 1. The highest BCUT2D eigenvalue weighted by molar-refractivity contribution is 5.80. The van der Waals surface area contributed by atoms with Crippen molar-refractivity contribution in [3.63, 3.8) is 0 Å². The fourth-order valence-electron chi connectivity index (χ4n) is 5.79. The summed E-state index contributed by atoms with van der Waals surface area (Å²) in [5.41, 5.74) is 0.989. The number of hydrogen-bond acceptors (Lipinski definition) is 6. The zero-order valence-electron chi connectivity index (χ0n) is 23.1. The summed E-state index contributed by atoms with van der Waals surface area (Å²) in [7, 11) is 0. The van der Waals surface area contributed by atoms with E-state index in [9.17, 15) is 28.0 Å². The van der Waals surface area contributed by atoms with E-state index in [-0.39, 0.29) is 37.2 Å². The van der Waals surface area contributed by atoms with Crippen molar-refractivity contribution < 1.29 is 27.5 Å². The van der Waals surface area contributed by atoms with E-state index in [1.165, 1.54) is 35.2 Å². The summed E-state index contributed by atoms with van der Waals surface area (Å²) >= 11 is 0. The molecule has 0 bridgehead atoms. The van der Waals surface area contributed by atoms with E-state index in [2.05, 4.69) is 11.1 Å². The van der Waals surface area contributed by atoms with Gasteiger partial charge in [-0.25, -0.2) is 22.9 Å². The molecule has 2 atom stereocenters. The highest BCUT2D eigenvalue weighted by Gasteiger charge is 2.43. The van der Waals surface area contributed by atoms with Crippen LogP contribution in [0.15, 0.2) is 60.8 Å². The molecule has 42 heavy (non-hydrogen) atoms. The van der Waals surface area contributed by atoms with Crippen LogP contribution in [0.3, 0.4) is 0 Å². The van der Waals surface area contributed by atoms with Gasteiger partial charge in [0.2, 0.25) is 5.91 Å². The first kappa shape index (κ1) is 28.9. The van der Waals surface area contributed by atoms with Crippen molar-refractivity contribution >= 4 is 17.8 Å². The average Bonchev–Trinajstić information content (AvgIpc) is 3.45. The molecule has 2 fully saturated rings. The molecule has 1 aromatic heterocycles. The molecule has 0 saturated carbocycles. The first-order valence-corrected chi connectivity index (χ1v) is 13.9. The second kappa shape index (κ2) is 12.5. The number of pyridine rings is 1. The smallest absolute Gasteiger partial charge is 0.410 e. The predicted molar refractivity (Wildman–Crippen MR) is 148 cm³/mol. The van der Waals surface area contributed by atoms with Crippen molar-refractivity contribution in [3.05, 3.63) is 89.4 Å². The van der Waals surface area contributed by atoms with Gasteiger partial charge < -0.3 is 19.4 Å². The molecule has 0 unspecified atom stereocenters. The lowest BCUT2D eigenvalue weighted by Crippen LogP contribution is -2.47. The number of ether oxygens (including phenoxy) is 1. The van der Waals surface area contributed by atoms with Crippen LogP contribution in [0, 0.1) is 34.7 Å². The molecule has 2 aromatic carbocycles. The molecule has 3 aromatic rings. The van der Waals surface area contributed by atoms with E-state index >= 15 is 0 Å². The number of likely N-dealkylation sites (N-methyl/N-ethyl adjacent to an activating group) is 1. The summed E-state index contributed by atoms with van der Waals surface area (Å²) in [6.45, 7) is 3.60. The molecule has 2 amide bonds. The Morgan fingerprint density at radius 2 is 1.76 bits per heavy atom. The quantitative estimate of drug-likeness (QED) is 0.405. The fourth-order valence-corrected chi connectivity index (χ4v) is 5.79. The van der Waals surface area contributed by atoms with Gasteiger partial charge in [-0.2, -0.15) is 5.26 Å². The number of nitriles is 1. The van der Waals surface area contributed by atoms with E-state index < -0.39 is 35.5 Å². The molecular weight excluding hydrogens is 547 g/mol. The van der Waals surface area contributed by atoms with Gasteiger partial charge in [0.05, 0.1) is 17.7 Å². The van der Waals surface area contributed by atoms with Crippen molar-refractivity contribution in [2.75, 3.05) is 37.6 Å².